The van der Waals surface area contributed by atoms with Gasteiger partial charge >= 0.3 is 35.8 Å². The molecular weight excluding hydrogens is 1240 g/mol. The number of hydrogen-bond donors (Lipinski definition) is 0. The summed E-state index contributed by atoms with van der Waals surface area (Å²) >= 11 is 0. The molecular formula is C87H96O12. The lowest BCUT2D eigenvalue weighted by atomic mass is 10.0. The van der Waals surface area contributed by atoms with Crippen LogP contribution in [0, 0.1) is 0 Å². The van der Waals surface area contributed by atoms with Crippen molar-refractivity contribution in [2.24, 2.45) is 0 Å². The van der Waals surface area contributed by atoms with E-state index in [9.17, 15) is 28.8 Å². The lowest BCUT2D eigenvalue weighted by molar-refractivity contribution is -0.149. The lowest BCUT2D eigenvalue weighted by Gasteiger charge is -2.17. The van der Waals surface area contributed by atoms with Crippen LogP contribution in [0.15, 0.2) is 170 Å². The van der Waals surface area contributed by atoms with E-state index in [4.69, 9.17) is 28.4 Å². The highest BCUT2D eigenvalue weighted by molar-refractivity contribution is 5.94. The number of carbonyl (C=O) groups is 6. The molecule has 0 radical (unpaired) electrons. The van der Waals surface area contributed by atoms with Crippen molar-refractivity contribution < 1.29 is 57.2 Å². The molecule has 12 nitrogen and oxygen atoms in total. The molecule has 0 heterocycles. The van der Waals surface area contributed by atoms with E-state index in [0.717, 1.165) is 122 Å². The predicted octanol–water partition coefficient (Wildman–Crippen LogP) is 21.7. The molecule has 8 aromatic carbocycles. The van der Waals surface area contributed by atoms with Crippen molar-refractivity contribution in [3.8, 4) is 45.3 Å². The van der Waals surface area contributed by atoms with E-state index in [1.807, 2.05) is 72.8 Å². The van der Waals surface area contributed by atoms with Crippen LogP contribution in [0.1, 0.15) is 274 Å². The maximum absolute atomic E-state index is 14.3. The van der Waals surface area contributed by atoms with Gasteiger partial charge in [-0.15, -0.1) is 0 Å². The first kappa shape index (κ1) is 72.3. The van der Waals surface area contributed by atoms with Gasteiger partial charge in [-0.05, 0) is 199 Å². The second kappa shape index (κ2) is 37.0. The van der Waals surface area contributed by atoms with Crippen molar-refractivity contribution in [1.82, 2.24) is 0 Å². The van der Waals surface area contributed by atoms with Crippen LogP contribution < -0.4 is 18.9 Å². The van der Waals surface area contributed by atoms with Gasteiger partial charge < -0.3 is 28.4 Å². The number of ether oxygens (including phenoxy) is 6. The molecule has 0 N–H and O–H groups in total. The highest BCUT2D eigenvalue weighted by atomic mass is 16.6. The minimum Gasteiger partial charge on any atom is -0.452 e. The third-order valence-electron chi connectivity index (χ3n) is 18.9. The number of esters is 6. The van der Waals surface area contributed by atoms with Gasteiger partial charge in [0, 0.05) is 35.1 Å². The summed E-state index contributed by atoms with van der Waals surface area (Å²) in [5.74, 6) is -2.38. The van der Waals surface area contributed by atoms with Gasteiger partial charge in [0.05, 0.1) is 22.3 Å². The van der Waals surface area contributed by atoms with Crippen molar-refractivity contribution in [1.29, 1.82) is 0 Å². The molecule has 2 aliphatic rings. The van der Waals surface area contributed by atoms with E-state index in [1.165, 1.54) is 77.0 Å². The van der Waals surface area contributed by atoms with Gasteiger partial charge in [0.25, 0.3) is 0 Å². The van der Waals surface area contributed by atoms with E-state index in [-0.39, 0.29) is 42.3 Å². The van der Waals surface area contributed by atoms with E-state index < -0.39 is 48.0 Å². The molecule has 0 unspecified atom stereocenters. The Balaban J connectivity index is 0.837. The highest BCUT2D eigenvalue weighted by Gasteiger charge is 2.36. The maximum atomic E-state index is 14.3. The average Bonchev–Trinajstić information content (AvgIpc) is 1.61. The standard InChI is InChI=1S/C87H96O12/c1-5-9-13-17-21-26-60-32-40-64(41-33-60)84(90)94-68-48-52-72-73-53-49-69(95-85(91)65-42-34-61(35-43-65)27-22-18-14-10-6-2)57-77(73)82(76(72)56-68)98-80(88)30-25-31-81(89)99-83-78-58-70(96-86(92)66-44-36-62(37-45-66)28-23-19-15-11-7-3)50-54-74(78)75-55-51-71(59-79(75)83)97-87(93)67-46-38-63(39-47-67)29-24-20-16-12-8-4/h32-59,82-83H,5-31H2,1-4H3. The molecule has 2 aliphatic carbocycles. The topological polar surface area (TPSA) is 158 Å². The SMILES string of the molecule is CCCCCCCc1ccc(C(=O)Oc2ccc3c(c2)C(OC(=O)CCCC(=O)OC2c4cc(OC(=O)c5ccc(CCCCCCC)cc5)ccc4-c4ccc(OC(=O)c5ccc(CCCCCCC)cc5)cc42)c2cc(OC(=O)c4ccc(CCCCCCC)cc4)ccc2-3)cc1. The zero-order valence-electron chi connectivity index (χ0n) is 58.3. The van der Waals surface area contributed by atoms with Crippen molar-refractivity contribution in [3.63, 3.8) is 0 Å². The Morgan fingerprint density at radius 3 is 0.707 bits per heavy atom. The molecule has 0 amide bonds. The van der Waals surface area contributed by atoms with Crippen molar-refractivity contribution in [2.75, 3.05) is 0 Å². The smallest absolute Gasteiger partial charge is 0.343 e. The number of fused-ring (bicyclic) bond motifs is 6. The fraction of sp³-hybridized carbons (Fsp3) is 0.379. The molecule has 8 aromatic rings. The summed E-state index contributed by atoms with van der Waals surface area (Å²) in [4.78, 5) is 83.2. The third-order valence-corrected chi connectivity index (χ3v) is 18.9. The fourth-order valence-corrected chi connectivity index (χ4v) is 13.2. The largest absolute Gasteiger partial charge is 0.452 e. The zero-order chi connectivity index (χ0) is 69.3. The Kier molecular flexibility index (Phi) is 27.0. The molecule has 0 fully saturated rings. The van der Waals surface area contributed by atoms with Crippen LogP contribution in [-0.2, 0) is 44.7 Å². The van der Waals surface area contributed by atoms with Crippen LogP contribution >= 0.6 is 0 Å². The number of aryl methyl sites for hydroxylation is 4. The van der Waals surface area contributed by atoms with Crippen LogP contribution in [0.4, 0.5) is 0 Å². The van der Waals surface area contributed by atoms with Crippen LogP contribution in [0.25, 0.3) is 22.3 Å². The Hall–Kier alpha value is -9.42. The lowest BCUT2D eigenvalue weighted by Crippen LogP contribution is -2.14. The fourth-order valence-electron chi connectivity index (χ4n) is 13.2. The van der Waals surface area contributed by atoms with E-state index in [0.29, 0.717) is 44.5 Å². The van der Waals surface area contributed by atoms with Gasteiger partial charge in [0.1, 0.15) is 23.0 Å². The summed E-state index contributed by atoms with van der Waals surface area (Å²) < 4.78 is 36.7. The monoisotopic (exact) mass is 1330 g/mol. The number of rotatable bonds is 38. The van der Waals surface area contributed by atoms with E-state index in [2.05, 4.69) is 27.7 Å². The van der Waals surface area contributed by atoms with Gasteiger partial charge in [-0.3, -0.25) is 9.59 Å². The molecule has 0 saturated carbocycles. The minimum atomic E-state index is -1.01. The molecule has 12 heteroatoms. The Morgan fingerprint density at radius 1 is 0.263 bits per heavy atom. The summed E-state index contributed by atoms with van der Waals surface area (Å²) in [6.07, 6.45) is 24.9. The summed E-state index contributed by atoms with van der Waals surface area (Å²) in [7, 11) is 0. The first-order chi connectivity index (χ1) is 48.4. The van der Waals surface area contributed by atoms with Crippen LogP contribution in [0.2, 0.25) is 0 Å². The van der Waals surface area contributed by atoms with Crippen LogP contribution in [-0.4, -0.2) is 35.8 Å². The molecule has 0 aliphatic heterocycles. The second-order valence-corrected chi connectivity index (χ2v) is 26.6. The minimum absolute atomic E-state index is 0.0474. The summed E-state index contributed by atoms with van der Waals surface area (Å²) in [6.45, 7) is 8.81. The molecule has 10 rings (SSSR count). The van der Waals surface area contributed by atoms with Gasteiger partial charge in [0.15, 0.2) is 12.2 Å². The average molecular weight is 1330 g/mol. The first-order valence-electron chi connectivity index (χ1n) is 36.6. The molecule has 516 valence electrons. The molecule has 0 spiro atoms. The number of benzene rings is 8. The Bertz CT molecular complexity index is 3510. The number of hydrogen-bond acceptors (Lipinski definition) is 12. The summed E-state index contributed by atoms with van der Waals surface area (Å²) in [5, 5.41) is 0. The Morgan fingerprint density at radius 2 is 0.485 bits per heavy atom. The van der Waals surface area contributed by atoms with Gasteiger partial charge in [-0.25, -0.2) is 19.2 Å². The summed E-state index contributed by atoms with van der Waals surface area (Å²) in [5.41, 5.74) is 11.4. The molecule has 0 aromatic heterocycles. The molecule has 0 saturated heterocycles. The van der Waals surface area contributed by atoms with Crippen molar-refractivity contribution in [2.45, 2.75) is 213 Å². The van der Waals surface area contributed by atoms with Crippen molar-refractivity contribution in [3.05, 3.63) is 237 Å². The van der Waals surface area contributed by atoms with Crippen molar-refractivity contribution >= 4 is 35.8 Å². The number of unbranched alkanes of at least 4 members (excludes halogenated alkanes) is 16. The van der Waals surface area contributed by atoms with Crippen LogP contribution in [0.3, 0.4) is 0 Å². The quantitative estimate of drug-likeness (QED) is 0.0205. The van der Waals surface area contributed by atoms with Gasteiger partial charge in [-0.2, -0.15) is 0 Å². The number of carbonyl (C=O) groups excluding carboxylic acids is 6. The molecule has 99 heavy (non-hydrogen) atoms. The molecule has 0 bridgehead atoms. The van der Waals surface area contributed by atoms with E-state index in [1.54, 1.807) is 97.1 Å². The molecule has 0 atom stereocenters. The predicted molar refractivity (Wildman–Crippen MR) is 389 cm³/mol. The van der Waals surface area contributed by atoms with Crippen LogP contribution in [0.5, 0.6) is 23.0 Å². The van der Waals surface area contributed by atoms with Gasteiger partial charge in [0.2, 0.25) is 0 Å². The van der Waals surface area contributed by atoms with Gasteiger partial charge in [-0.1, -0.05) is 203 Å². The Labute approximate surface area is 585 Å². The normalized spacial score (nSPS) is 12.1. The zero-order valence-corrected chi connectivity index (χ0v) is 58.3. The van der Waals surface area contributed by atoms with E-state index >= 15 is 0 Å². The summed E-state index contributed by atoms with van der Waals surface area (Å²) in [6, 6.07) is 50.9. The highest BCUT2D eigenvalue weighted by Crippen LogP contribution is 2.50. The third kappa shape index (κ3) is 20.4. The maximum Gasteiger partial charge on any atom is 0.343 e. The first-order valence-corrected chi connectivity index (χ1v) is 36.6. The second-order valence-electron chi connectivity index (χ2n) is 26.6.